The van der Waals surface area contributed by atoms with E-state index in [2.05, 4.69) is 26.5 Å². The maximum Gasteiger partial charge on any atom is 0.335 e. The first-order valence-electron chi connectivity index (χ1n) is 6.10. The lowest BCUT2D eigenvalue weighted by atomic mass is 10.1. The summed E-state index contributed by atoms with van der Waals surface area (Å²) in [6.07, 6.45) is 0. The maximum atomic E-state index is 10.8. The quantitative estimate of drug-likeness (QED) is 0.581. The Morgan fingerprint density at radius 3 is 2.48 bits per heavy atom. The summed E-state index contributed by atoms with van der Waals surface area (Å²) in [6.45, 7) is 1.76. The molecule has 0 radical (unpaired) electrons. The first-order chi connectivity index (χ1) is 9.97. The van der Waals surface area contributed by atoms with Gasteiger partial charge in [0.25, 0.3) is 0 Å². The van der Waals surface area contributed by atoms with Crippen molar-refractivity contribution in [3.8, 4) is 5.75 Å². The van der Waals surface area contributed by atoms with Gasteiger partial charge < -0.3 is 10.2 Å². The molecule has 0 heterocycles. The minimum absolute atomic E-state index is 0.141. The van der Waals surface area contributed by atoms with Crippen molar-refractivity contribution in [1.29, 1.82) is 0 Å². The van der Waals surface area contributed by atoms with Crippen LogP contribution in [0.15, 0.2) is 52.0 Å². The van der Waals surface area contributed by atoms with Gasteiger partial charge in [-0.3, -0.25) is 5.43 Å². The molecule has 5 nitrogen and oxygen atoms in total. The van der Waals surface area contributed by atoms with E-state index in [0.717, 1.165) is 4.47 Å². The highest BCUT2D eigenvalue weighted by atomic mass is 79.9. The predicted octanol–water partition coefficient (Wildman–Crippen LogP) is 3.69. The molecule has 2 aromatic carbocycles. The Morgan fingerprint density at radius 1 is 1.19 bits per heavy atom. The lowest BCUT2D eigenvalue weighted by Crippen LogP contribution is -2.01. The molecule has 0 aliphatic carbocycles. The van der Waals surface area contributed by atoms with Crippen molar-refractivity contribution in [2.45, 2.75) is 6.92 Å². The van der Waals surface area contributed by atoms with E-state index >= 15 is 0 Å². The zero-order chi connectivity index (χ0) is 15.4. The third-order valence-electron chi connectivity index (χ3n) is 2.83. The Balaban J connectivity index is 2.16. The molecule has 21 heavy (non-hydrogen) atoms. The molecule has 0 atom stereocenters. The number of nitrogens with one attached hydrogen (secondary N) is 1. The van der Waals surface area contributed by atoms with Gasteiger partial charge in [0.1, 0.15) is 5.75 Å². The lowest BCUT2D eigenvalue weighted by molar-refractivity contribution is 0.0697. The van der Waals surface area contributed by atoms with Crippen LogP contribution in [-0.4, -0.2) is 21.9 Å². The van der Waals surface area contributed by atoms with Gasteiger partial charge in [-0.05, 0) is 49.4 Å². The summed E-state index contributed by atoms with van der Waals surface area (Å²) in [5, 5.41) is 22.8. The standard InChI is InChI=1S/C15H13BrN2O3/c1-9(13-8-11(16)4-7-14(13)19)17-18-12-5-2-10(3-6-12)15(20)21/h2-8,18-19H,1H3,(H,20,21)/b17-9+. The van der Waals surface area contributed by atoms with Crippen LogP contribution in [0.3, 0.4) is 0 Å². The molecule has 0 saturated carbocycles. The number of benzene rings is 2. The summed E-state index contributed by atoms with van der Waals surface area (Å²) in [6, 6.07) is 11.3. The summed E-state index contributed by atoms with van der Waals surface area (Å²) in [5.41, 5.74) is 4.92. The fraction of sp³-hybridized carbons (Fsp3) is 0.0667. The van der Waals surface area contributed by atoms with Gasteiger partial charge in [0.15, 0.2) is 0 Å². The molecule has 3 N–H and O–H groups in total. The number of hydrogen-bond acceptors (Lipinski definition) is 4. The molecular weight excluding hydrogens is 336 g/mol. The fourth-order valence-corrected chi connectivity index (χ4v) is 2.06. The largest absolute Gasteiger partial charge is 0.507 e. The monoisotopic (exact) mass is 348 g/mol. The van der Waals surface area contributed by atoms with E-state index in [0.29, 0.717) is 17.0 Å². The Bertz CT molecular complexity index is 697. The number of carboxylic acid groups (broad SMARTS) is 1. The summed E-state index contributed by atoms with van der Waals surface area (Å²) >= 11 is 3.34. The molecule has 6 heteroatoms. The van der Waals surface area contributed by atoms with E-state index in [9.17, 15) is 9.90 Å². The first-order valence-corrected chi connectivity index (χ1v) is 6.89. The van der Waals surface area contributed by atoms with Gasteiger partial charge in [-0.25, -0.2) is 4.79 Å². The van der Waals surface area contributed by atoms with Crippen molar-refractivity contribution < 1.29 is 15.0 Å². The zero-order valence-electron chi connectivity index (χ0n) is 11.2. The molecule has 0 aliphatic rings. The highest BCUT2D eigenvalue weighted by molar-refractivity contribution is 9.10. The van der Waals surface area contributed by atoms with Crippen LogP contribution in [-0.2, 0) is 0 Å². The van der Waals surface area contributed by atoms with Crippen molar-refractivity contribution in [2.75, 3.05) is 5.43 Å². The molecule has 0 saturated heterocycles. The van der Waals surface area contributed by atoms with Crippen LogP contribution in [0, 0.1) is 0 Å². The van der Waals surface area contributed by atoms with Crippen LogP contribution in [0.5, 0.6) is 5.75 Å². The number of phenolic OH excluding ortho intramolecular Hbond substituents is 1. The summed E-state index contributed by atoms with van der Waals surface area (Å²) < 4.78 is 0.843. The molecule has 108 valence electrons. The van der Waals surface area contributed by atoms with Crippen LogP contribution in [0.4, 0.5) is 5.69 Å². The molecule has 0 fully saturated rings. The number of carboxylic acids is 1. The lowest BCUT2D eigenvalue weighted by Gasteiger charge is -2.06. The minimum atomic E-state index is -0.972. The zero-order valence-corrected chi connectivity index (χ0v) is 12.8. The van der Waals surface area contributed by atoms with Crippen molar-refractivity contribution in [1.82, 2.24) is 0 Å². The molecule has 0 amide bonds. The number of anilines is 1. The Morgan fingerprint density at radius 2 is 1.86 bits per heavy atom. The molecule has 0 aromatic heterocycles. The minimum Gasteiger partial charge on any atom is -0.507 e. The van der Waals surface area contributed by atoms with E-state index in [4.69, 9.17) is 5.11 Å². The second kappa shape index (κ2) is 6.41. The topological polar surface area (TPSA) is 81.9 Å². The second-order valence-electron chi connectivity index (χ2n) is 4.35. The number of aromatic carboxylic acids is 1. The smallest absolute Gasteiger partial charge is 0.335 e. The van der Waals surface area contributed by atoms with Gasteiger partial charge >= 0.3 is 5.97 Å². The van der Waals surface area contributed by atoms with Crippen molar-refractivity contribution >= 4 is 33.3 Å². The van der Waals surface area contributed by atoms with Crippen LogP contribution in [0.25, 0.3) is 0 Å². The molecule has 0 spiro atoms. The van der Waals surface area contributed by atoms with Gasteiger partial charge in [-0.2, -0.15) is 5.10 Å². The van der Waals surface area contributed by atoms with E-state index in [1.807, 2.05) is 0 Å². The molecular formula is C15H13BrN2O3. The van der Waals surface area contributed by atoms with Gasteiger partial charge in [0.2, 0.25) is 0 Å². The number of aromatic hydroxyl groups is 1. The van der Waals surface area contributed by atoms with Gasteiger partial charge in [0.05, 0.1) is 17.0 Å². The number of rotatable bonds is 4. The number of hydrazone groups is 1. The van der Waals surface area contributed by atoms with E-state index in [1.54, 1.807) is 37.3 Å². The molecule has 2 aromatic rings. The van der Waals surface area contributed by atoms with Crippen molar-refractivity contribution in [3.05, 3.63) is 58.1 Å². The van der Waals surface area contributed by atoms with Crippen molar-refractivity contribution in [3.63, 3.8) is 0 Å². The number of carbonyl (C=O) groups is 1. The van der Waals surface area contributed by atoms with Crippen LogP contribution >= 0.6 is 15.9 Å². The average Bonchev–Trinajstić information content (AvgIpc) is 2.47. The third kappa shape index (κ3) is 3.82. The molecule has 0 unspecified atom stereocenters. The van der Waals surface area contributed by atoms with E-state index in [1.165, 1.54) is 12.1 Å². The molecule has 2 rings (SSSR count). The SMILES string of the molecule is C/C(=N\Nc1ccc(C(=O)O)cc1)c1cc(Br)ccc1O. The summed E-state index contributed by atoms with van der Waals surface area (Å²) in [7, 11) is 0. The fourth-order valence-electron chi connectivity index (χ4n) is 1.69. The van der Waals surface area contributed by atoms with Gasteiger partial charge in [-0.1, -0.05) is 15.9 Å². The predicted molar refractivity (Wildman–Crippen MR) is 85.0 cm³/mol. The van der Waals surface area contributed by atoms with Crippen molar-refractivity contribution in [2.24, 2.45) is 5.10 Å². The molecule has 0 aliphatic heterocycles. The second-order valence-corrected chi connectivity index (χ2v) is 5.27. The third-order valence-corrected chi connectivity index (χ3v) is 3.33. The maximum absolute atomic E-state index is 10.8. The molecule has 0 bridgehead atoms. The highest BCUT2D eigenvalue weighted by Gasteiger charge is 2.06. The first kappa shape index (κ1) is 15.1. The number of phenols is 1. The Labute approximate surface area is 130 Å². The Hall–Kier alpha value is -2.34. The summed E-state index contributed by atoms with van der Waals surface area (Å²) in [4.78, 5) is 10.8. The van der Waals surface area contributed by atoms with E-state index < -0.39 is 5.97 Å². The number of nitrogens with zero attached hydrogens (tertiary/aromatic N) is 1. The average molecular weight is 349 g/mol. The van der Waals surface area contributed by atoms with E-state index in [-0.39, 0.29) is 11.3 Å². The van der Waals surface area contributed by atoms with Crippen LogP contribution in [0.1, 0.15) is 22.8 Å². The van der Waals surface area contributed by atoms with Crippen LogP contribution < -0.4 is 5.43 Å². The highest BCUT2D eigenvalue weighted by Crippen LogP contribution is 2.22. The van der Waals surface area contributed by atoms with Gasteiger partial charge in [-0.15, -0.1) is 0 Å². The van der Waals surface area contributed by atoms with Crippen LogP contribution in [0.2, 0.25) is 0 Å². The van der Waals surface area contributed by atoms with Gasteiger partial charge in [0, 0.05) is 10.0 Å². The number of halogens is 1. The summed E-state index contributed by atoms with van der Waals surface area (Å²) in [5.74, 6) is -0.831. The normalized spacial score (nSPS) is 11.2. The Kier molecular flexibility index (Phi) is 4.59. The number of hydrogen-bond donors (Lipinski definition) is 3.